The number of hydrogen-bond acceptors (Lipinski definition) is 5. The summed E-state index contributed by atoms with van der Waals surface area (Å²) in [5, 5.41) is 7.96. The minimum absolute atomic E-state index is 0.131. The Morgan fingerprint density at radius 3 is 2.60 bits per heavy atom. The van der Waals surface area contributed by atoms with Crippen molar-refractivity contribution in [2.45, 2.75) is 74.9 Å². The van der Waals surface area contributed by atoms with Crippen LogP contribution in [0, 0.1) is 0 Å². The summed E-state index contributed by atoms with van der Waals surface area (Å²) >= 11 is 1.61. The lowest BCUT2D eigenvalue weighted by molar-refractivity contribution is -0.127. The third-order valence-corrected chi connectivity index (χ3v) is 7.89. The van der Waals surface area contributed by atoms with Gasteiger partial charge in [-0.15, -0.1) is 11.8 Å². The number of rotatable bonds is 5. The van der Waals surface area contributed by atoms with Gasteiger partial charge < -0.3 is 9.73 Å². The number of benzene rings is 1. The predicted molar refractivity (Wildman–Crippen MR) is 138 cm³/mol. The molecule has 2 aliphatic rings. The lowest BCUT2D eigenvalue weighted by Crippen LogP contribution is -2.65. The first kappa shape index (κ1) is 23.7. The summed E-state index contributed by atoms with van der Waals surface area (Å²) in [6, 6.07) is 13.3. The minimum Gasteiger partial charge on any atom is -0.463 e. The number of nitrogens with one attached hydrogen (secondary N) is 1. The molecule has 1 atom stereocenters. The van der Waals surface area contributed by atoms with Gasteiger partial charge in [-0.1, -0.05) is 38.2 Å². The summed E-state index contributed by atoms with van der Waals surface area (Å²) in [5.74, 6) is 0.220. The Kier molecular flexibility index (Phi) is 6.73. The van der Waals surface area contributed by atoms with Crippen LogP contribution in [0.4, 0.5) is 5.69 Å². The molecule has 2 amide bonds. The molecule has 1 saturated carbocycles. The molecule has 0 spiro atoms. The number of thioether (sulfide) groups is 1. The van der Waals surface area contributed by atoms with E-state index in [0.29, 0.717) is 22.8 Å². The van der Waals surface area contributed by atoms with Crippen LogP contribution >= 0.6 is 11.8 Å². The van der Waals surface area contributed by atoms with Gasteiger partial charge in [-0.25, -0.2) is 0 Å². The first-order valence-electron chi connectivity index (χ1n) is 12.4. The fourth-order valence-corrected chi connectivity index (χ4v) is 5.67. The lowest BCUT2D eigenvalue weighted by atomic mass is 9.91. The monoisotopic (exact) mass is 492 g/mol. The van der Waals surface area contributed by atoms with Gasteiger partial charge in [0.2, 0.25) is 5.91 Å². The van der Waals surface area contributed by atoms with Crippen LogP contribution < -0.4 is 10.2 Å². The largest absolute Gasteiger partial charge is 0.463 e. The molecule has 3 heterocycles. The van der Waals surface area contributed by atoms with Gasteiger partial charge in [0.1, 0.15) is 16.9 Å². The third-order valence-electron chi connectivity index (χ3n) is 7.17. The van der Waals surface area contributed by atoms with Crippen LogP contribution in [0.2, 0.25) is 0 Å². The quantitative estimate of drug-likeness (QED) is 0.475. The number of furan rings is 1. The zero-order chi connectivity index (χ0) is 24.4. The molecule has 1 aromatic carbocycles. The summed E-state index contributed by atoms with van der Waals surface area (Å²) in [7, 11) is 0. The van der Waals surface area contributed by atoms with E-state index in [4.69, 9.17) is 4.42 Å². The Hall–Kier alpha value is -3.00. The second kappa shape index (κ2) is 9.93. The van der Waals surface area contributed by atoms with Gasteiger partial charge in [0, 0.05) is 22.7 Å². The molecule has 1 aliphatic carbocycles. The van der Waals surface area contributed by atoms with Crippen molar-refractivity contribution < 1.29 is 14.0 Å². The van der Waals surface area contributed by atoms with Gasteiger partial charge in [0.25, 0.3) is 5.91 Å². The van der Waals surface area contributed by atoms with Crippen molar-refractivity contribution in [1.82, 2.24) is 15.1 Å². The van der Waals surface area contributed by atoms with Crippen LogP contribution in [0.25, 0.3) is 11.5 Å². The van der Waals surface area contributed by atoms with Crippen LogP contribution in [0.5, 0.6) is 0 Å². The van der Waals surface area contributed by atoms with Crippen LogP contribution in [0.1, 0.15) is 62.4 Å². The Morgan fingerprint density at radius 2 is 1.89 bits per heavy atom. The summed E-state index contributed by atoms with van der Waals surface area (Å²) < 4.78 is 7.17. The van der Waals surface area contributed by atoms with E-state index in [1.165, 1.54) is 19.3 Å². The fourth-order valence-electron chi connectivity index (χ4n) is 5.22. The highest BCUT2D eigenvalue weighted by molar-refractivity contribution is 7.98. The molecule has 0 radical (unpaired) electrons. The van der Waals surface area contributed by atoms with E-state index in [2.05, 4.69) is 10.4 Å². The van der Waals surface area contributed by atoms with Crippen molar-refractivity contribution in [2.24, 2.45) is 0 Å². The number of fused-ring (bicyclic) bond motifs is 1. The van der Waals surface area contributed by atoms with Crippen molar-refractivity contribution >= 4 is 29.3 Å². The molecular weight excluding hydrogens is 460 g/mol. The molecule has 7 nitrogen and oxygen atoms in total. The van der Waals surface area contributed by atoms with E-state index in [-0.39, 0.29) is 24.4 Å². The number of anilines is 1. The number of hydrogen-bond donors (Lipinski definition) is 1. The van der Waals surface area contributed by atoms with Crippen molar-refractivity contribution in [3.05, 3.63) is 54.4 Å². The summed E-state index contributed by atoms with van der Waals surface area (Å²) in [5.41, 5.74) is 0.614. The molecule has 0 saturated heterocycles. The zero-order valence-electron chi connectivity index (χ0n) is 20.3. The molecular formula is C27H32N4O3S. The van der Waals surface area contributed by atoms with Gasteiger partial charge >= 0.3 is 0 Å². The second-order valence-electron chi connectivity index (χ2n) is 9.68. The average molecular weight is 493 g/mol. The van der Waals surface area contributed by atoms with E-state index in [9.17, 15) is 9.59 Å². The third kappa shape index (κ3) is 4.63. The summed E-state index contributed by atoms with van der Waals surface area (Å²) in [6.07, 6.45) is 11.5. The van der Waals surface area contributed by atoms with Gasteiger partial charge in [-0.3, -0.25) is 19.2 Å². The maximum absolute atomic E-state index is 14.0. The molecule has 2 aromatic heterocycles. The van der Waals surface area contributed by atoms with Gasteiger partial charge in [-0.05, 0) is 56.4 Å². The predicted octanol–water partition coefficient (Wildman–Crippen LogP) is 5.51. The average Bonchev–Trinajstić information content (AvgIpc) is 3.51. The Labute approximate surface area is 210 Å². The van der Waals surface area contributed by atoms with Crippen LogP contribution in [-0.2, 0) is 11.3 Å². The fraction of sp³-hybridized carbons (Fsp3) is 0.444. The molecule has 1 fully saturated rings. The first-order valence-corrected chi connectivity index (χ1v) is 13.6. The number of carbonyl (C=O) groups is 2. The van der Waals surface area contributed by atoms with E-state index in [1.54, 1.807) is 39.7 Å². The van der Waals surface area contributed by atoms with E-state index in [0.717, 1.165) is 30.6 Å². The Bertz CT molecular complexity index is 1200. The molecule has 0 bridgehead atoms. The van der Waals surface area contributed by atoms with Gasteiger partial charge in [0.15, 0.2) is 5.76 Å². The molecule has 1 aliphatic heterocycles. The number of carbonyl (C=O) groups excluding carboxylic acids is 2. The van der Waals surface area contributed by atoms with Crippen molar-refractivity contribution in [1.29, 1.82) is 0 Å². The summed E-state index contributed by atoms with van der Waals surface area (Å²) in [4.78, 5) is 30.6. The second-order valence-corrected chi connectivity index (χ2v) is 10.6. The molecule has 8 heteroatoms. The summed E-state index contributed by atoms with van der Waals surface area (Å²) in [6.45, 7) is 2.11. The molecule has 1 N–H and O–H groups in total. The first-order chi connectivity index (χ1) is 17.0. The van der Waals surface area contributed by atoms with Crippen molar-refractivity contribution in [3.63, 3.8) is 0 Å². The Morgan fingerprint density at radius 1 is 1.11 bits per heavy atom. The smallest absolute Gasteiger partial charge is 0.277 e. The number of amides is 2. The zero-order valence-corrected chi connectivity index (χ0v) is 21.1. The minimum atomic E-state index is -1.13. The van der Waals surface area contributed by atoms with Crippen LogP contribution in [-0.4, -0.2) is 39.4 Å². The molecule has 184 valence electrons. The highest BCUT2D eigenvalue weighted by Crippen LogP contribution is 2.36. The Balaban J connectivity index is 1.53. The molecule has 35 heavy (non-hydrogen) atoms. The lowest BCUT2D eigenvalue weighted by Gasteiger charge is -2.44. The van der Waals surface area contributed by atoms with Crippen LogP contribution in [0.3, 0.4) is 0 Å². The number of nitrogens with zero attached hydrogens (tertiary/aromatic N) is 3. The topological polar surface area (TPSA) is 80.4 Å². The van der Waals surface area contributed by atoms with Gasteiger partial charge in [-0.2, -0.15) is 5.10 Å². The molecule has 3 aromatic rings. The van der Waals surface area contributed by atoms with E-state index < -0.39 is 5.54 Å². The maximum atomic E-state index is 14.0. The maximum Gasteiger partial charge on any atom is 0.277 e. The van der Waals surface area contributed by atoms with Crippen molar-refractivity contribution in [2.75, 3.05) is 11.2 Å². The van der Waals surface area contributed by atoms with E-state index in [1.807, 2.05) is 43.5 Å². The highest BCUT2D eigenvalue weighted by Gasteiger charge is 2.49. The number of aromatic nitrogens is 2. The SMILES string of the molecule is CSc1cccc(N2C(=O)c3cc(-c4ccco4)nn3C[C@@]2(C)C(=O)NC2CCCCCCC2)c1. The molecule has 5 rings (SSSR count). The standard InChI is InChI=1S/C27H32N4O3S/c1-27(26(33)28-19-10-6-4-3-5-7-11-19)18-30-23(17-22(29-30)24-14-9-15-34-24)25(32)31(27)20-12-8-13-21(16-20)35-2/h8-9,12-17,19H,3-7,10-11,18H2,1-2H3,(H,28,33)/t27-/m0/s1. The normalized spacial score (nSPS) is 21.3. The van der Waals surface area contributed by atoms with E-state index >= 15 is 0 Å². The molecule has 0 unspecified atom stereocenters. The van der Waals surface area contributed by atoms with Gasteiger partial charge in [0.05, 0.1) is 12.8 Å². The van der Waals surface area contributed by atoms with Crippen LogP contribution in [0.15, 0.2) is 58.0 Å². The highest BCUT2D eigenvalue weighted by atomic mass is 32.2. The van der Waals surface area contributed by atoms with Crippen molar-refractivity contribution in [3.8, 4) is 11.5 Å².